The van der Waals surface area contributed by atoms with Crippen molar-refractivity contribution in [2.75, 3.05) is 19.6 Å². The second-order valence-corrected chi connectivity index (χ2v) is 8.01. The van der Waals surface area contributed by atoms with Crippen molar-refractivity contribution in [2.45, 2.75) is 44.6 Å². The summed E-state index contributed by atoms with van der Waals surface area (Å²) in [5, 5.41) is 0. The standard InChI is InChI=1S/C16H26N2O2S/c1-13(2)18-9-7-15(8-10-18)12-17-21(19,20)16-6-4-5-14(3)11-16/h4-6,11,13,15,17H,7-10,12H2,1-3H3. The first-order valence-corrected chi connectivity index (χ1v) is 9.17. The number of nitrogens with one attached hydrogen (secondary N) is 1. The largest absolute Gasteiger partial charge is 0.301 e. The first kappa shape index (κ1) is 16.5. The molecule has 0 aromatic heterocycles. The van der Waals surface area contributed by atoms with E-state index in [4.69, 9.17) is 0 Å². The lowest BCUT2D eigenvalue weighted by molar-refractivity contribution is 0.151. The van der Waals surface area contributed by atoms with Gasteiger partial charge in [-0.05, 0) is 70.3 Å². The van der Waals surface area contributed by atoms with Crippen LogP contribution < -0.4 is 4.72 Å². The average molecular weight is 310 g/mol. The van der Waals surface area contributed by atoms with Crippen LogP contribution in [0.3, 0.4) is 0 Å². The van der Waals surface area contributed by atoms with Crippen LogP contribution in [-0.2, 0) is 10.0 Å². The third-order valence-electron chi connectivity index (χ3n) is 4.24. The Morgan fingerprint density at radius 3 is 2.52 bits per heavy atom. The molecule has 0 unspecified atom stereocenters. The van der Waals surface area contributed by atoms with E-state index >= 15 is 0 Å². The molecule has 21 heavy (non-hydrogen) atoms. The Morgan fingerprint density at radius 2 is 1.95 bits per heavy atom. The molecule has 2 rings (SSSR count). The van der Waals surface area contributed by atoms with E-state index in [-0.39, 0.29) is 0 Å². The zero-order valence-corrected chi connectivity index (χ0v) is 14.0. The van der Waals surface area contributed by atoms with E-state index in [2.05, 4.69) is 23.5 Å². The molecule has 0 amide bonds. The Labute approximate surface area is 128 Å². The predicted molar refractivity (Wildman–Crippen MR) is 85.8 cm³/mol. The molecule has 0 aliphatic carbocycles. The molecule has 0 bridgehead atoms. The molecule has 1 heterocycles. The van der Waals surface area contributed by atoms with Crippen molar-refractivity contribution in [2.24, 2.45) is 5.92 Å². The molecule has 1 aliphatic rings. The lowest BCUT2D eigenvalue weighted by atomic mass is 9.96. The van der Waals surface area contributed by atoms with Gasteiger partial charge in [0.25, 0.3) is 0 Å². The summed E-state index contributed by atoms with van der Waals surface area (Å²) in [6.07, 6.45) is 2.13. The van der Waals surface area contributed by atoms with Crippen LogP contribution in [0.2, 0.25) is 0 Å². The molecule has 0 saturated carbocycles. The molecular formula is C16H26N2O2S. The number of rotatable bonds is 5. The normalized spacial score (nSPS) is 18.3. The summed E-state index contributed by atoms with van der Waals surface area (Å²) in [5.74, 6) is 0.444. The maximum atomic E-state index is 12.3. The first-order valence-electron chi connectivity index (χ1n) is 7.69. The molecule has 0 spiro atoms. The molecule has 5 heteroatoms. The zero-order valence-electron chi connectivity index (χ0n) is 13.2. The van der Waals surface area contributed by atoms with Crippen molar-refractivity contribution < 1.29 is 8.42 Å². The fraction of sp³-hybridized carbons (Fsp3) is 0.625. The van der Waals surface area contributed by atoms with Crippen LogP contribution >= 0.6 is 0 Å². The Hall–Kier alpha value is -0.910. The van der Waals surface area contributed by atoms with Crippen LogP contribution in [0.1, 0.15) is 32.3 Å². The van der Waals surface area contributed by atoms with Gasteiger partial charge in [-0.15, -0.1) is 0 Å². The third-order valence-corrected chi connectivity index (χ3v) is 5.66. The van der Waals surface area contributed by atoms with Crippen LogP contribution in [0.5, 0.6) is 0 Å². The summed E-state index contributed by atoms with van der Waals surface area (Å²) in [6.45, 7) is 8.99. The summed E-state index contributed by atoms with van der Waals surface area (Å²) >= 11 is 0. The lowest BCUT2D eigenvalue weighted by Crippen LogP contribution is -2.41. The molecule has 1 aromatic rings. The van der Waals surface area contributed by atoms with Crippen molar-refractivity contribution in [3.8, 4) is 0 Å². The van der Waals surface area contributed by atoms with Crippen molar-refractivity contribution in [3.05, 3.63) is 29.8 Å². The predicted octanol–water partition coefficient (Wildman–Crippen LogP) is 2.39. The smallest absolute Gasteiger partial charge is 0.240 e. The molecule has 118 valence electrons. The summed E-state index contributed by atoms with van der Waals surface area (Å²) in [7, 11) is -3.38. The number of nitrogens with zero attached hydrogens (tertiary/aromatic N) is 1. The number of hydrogen-bond donors (Lipinski definition) is 1. The van der Waals surface area contributed by atoms with Crippen LogP contribution in [-0.4, -0.2) is 39.0 Å². The molecule has 0 radical (unpaired) electrons. The van der Waals surface area contributed by atoms with Gasteiger partial charge in [0, 0.05) is 12.6 Å². The highest BCUT2D eigenvalue weighted by Crippen LogP contribution is 2.19. The summed E-state index contributed by atoms with van der Waals surface area (Å²) in [6, 6.07) is 7.63. The summed E-state index contributed by atoms with van der Waals surface area (Å²) < 4.78 is 27.3. The minimum Gasteiger partial charge on any atom is -0.301 e. The van der Waals surface area contributed by atoms with Gasteiger partial charge in [-0.1, -0.05) is 12.1 Å². The van der Waals surface area contributed by atoms with E-state index in [1.165, 1.54) is 0 Å². The van der Waals surface area contributed by atoms with Gasteiger partial charge in [-0.3, -0.25) is 0 Å². The topological polar surface area (TPSA) is 49.4 Å². The van der Waals surface area contributed by atoms with Gasteiger partial charge in [0.15, 0.2) is 0 Å². The SMILES string of the molecule is Cc1cccc(S(=O)(=O)NCC2CCN(C(C)C)CC2)c1. The molecule has 1 aromatic carbocycles. The molecule has 1 saturated heterocycles. The molecule has 0 atom stereocenters. The van der Waals surface area contributed by atoms with E-state index in [1.807, 2.05) is 13.0 Å². The third kappa shape index (κ3) is 4.53. The highest BCUT2D eigenvalue weighted by Gasteiger charge is 2.22. The zero-order chi connectivity index (χ0) is 15.5. The first-order chi connectivity index (χ1) is 9.88. The number of aryl methyl sites for hydroxylation is 1. The molecule has 1 fully saturated rings. The van der Waals surface area contributed by atoms with Crippen LogP contribution in [0.25, 0.3) is 0 Å². The maximum absolute atomic E-state index is 12.3. The van der Waals surface area contributed by atoms with Crippen molar-refractivity contribution >= 4 is 10.0 Å². The van der Waals surface area contributed by atoms with Gasteiger partial charge < -0.3 is 4.90 Å². The molecule has 4 nitrogen and oxygen atoms in total. The summed E-state index contributed by atoms with van der Waals surface area (Å²) in [4.78, 5) is 2.81. The minimum atomic E-state index is -3.38. The van der Waals surface area contributed by atoms with Crippen LogP contribution in [0.15, 0.2) is 29.2 Å². The number of likely N-dealkylation sites (tertiary alicyclic amines) is 1. The van der Waals surface area contributed by atoms with Crippen molar-refractivity contribution in [3.63, 3.8) is 0 Å². The molecular weight excluding hydrogens is 284 g/mol. The van der Waals surface area contributed by atoms with Crippen molar-refractivity contribution in [1.82, 2.24) is 9.62 Å². The highest BCUT2D eigenvalue weighted by molar-refractivity contribution is 7.89. The van der Waals surface area contributed by atoms with E-state index < -0.39 is 10.0 Å². The molecule has 1 N–H and O–H groups in total. The average Bonchev–Trinajstić information content (AvgIpc) is 2.45. The fourth-order valence-corrected chi connectivity index (χ4v) is 3.99. The Balaban J connectivity index is 1.88. The quantitative estimate of drug-likeness (QED) is 0.908. The number of sulfonamides is 1. The highest BCUT2D eigenvalue weighted by atomic mass is 32.2. The Morgan fingerprint density at radius 1 is 1.29 bits per heavy atom. The number of benzene rings is 1. The van der Waals surface area contributed by atoms with Crippen molar-refractivity contribution in [1.29, 1.82) is 0 Å². The van der Waals surface area contributed by atoms with Gasteiger partial charge in [0.05, 0.1) is 4.90 Å². The van der Waals surface area contributed by atoms with Gasteiger partial charge >= 0.3 is 0 Å². The summed E-state index contributed by atoms with van der Waals surface area (Å²) in [5.41, 5.74) is 0.961. The van der Waals surface area contributed by atoms with E-state index in [9.17, 15) is 8.42 Å². The van der Waals surface area contributed by atoms with Gasteiger partial charge in [0.2, 0.25) is 10.0 Å². The maximum Gasteiger partial charge on any atom is 0.240 e. The monoisotopic (exact) mass is 310 g/mol. The second-order valence-electron chi connectivity index (χ2n) is 6.24. The van der Waals surface area contributed by atoms with Gasteiger partial charge in [-0.2, -0.15) is 0 Å². The fourth-order valence-electron chi connectivity index (χ4n) is 2.77. The Kier molecular flexibility index (Phi) is 5.41. The van der Waals surface area contributed by atoms with Gasteiger partial charge in [0.1, 0.15) is 0 Å². The number of hydrogen-bond acceptors (Lipinski definition) is 3. The van der Waals surface area contributed by atoms with E-state index in [0.717, 1.165) is 31.5 Å². The minimum absolute atomic E-state index is 0.363. The number of piperidine rings is 1. The second kappa shape index (κ2) is 6.90. The van der Waals surface area contributed by atoms with E-state index in [1.54, 1.807) is 18.2 Å². The molecule has 1 aliphatic heterocycles. The Bertz CT molecular complexity index is 561. The van der Waals surface area contributed by atoms with E-state index in [0.29, 0.717) is 23.4 Å². The lowest BCUT2D eigenvalue weighted by Gasteiger charge is -2.34. The van der Waals surface area contributed by atoms with Crippen LogP contribution in [0.4, 0.5) is 0 Å². The van der Waals surface area contributed by atoms with Crippen LogP contribution in [0, 0.1) is 12.8 Å². The van der Waals surface area contributed by atoms with Gasteiger partial charge in [-0.25, -0.2) is 13.1 Å².